The maximum Gasteiger partial charge on any atom is 0.355 e. The summed E-state index contributed by atoms with van der Waals surface area (Å²) in [5.74, 6) is -1.02. The second-order valence-electron chi connectivity index (χ2n) is 5.58. The average Bonchev–Trinajstić information content (AvgIpc) is 3.37. The van der Waals surface area contributed by atoms with Gasteiger partial charge in [-0.25, -0.2) is 4.79 Å². The molecule has 0 aliphatic carbocycles. The second-order valence-corrected chi connectivity index (χ2v) is 5.99. The van der Waals surface area contributed by atoms with E-state index in [-0.39, 0.29) is 23.0 Å². The minimum absolute atomic E-state index is 0.0572. The van der Waals surface area contributed by atoms with E-state index >= 15 is 0 Å². The number of nitrogens with one attached hydrogen (secondary N) is 1. The molecule has 0 saturated heterocycles. The Hall–Kier alpha value is -3.46. The van der Waals surface area contributed by atoms with Gasteiger partial charge in [-0.3, -0.25) is 4.79 Å². The van der Waals surface area contributed by atoms with Crippen LogP contribution in [0.25, 0.3) is 0 Å². The summed E-state index contributed by atoms with van der Waals surface area (Å²) < 4.78 is 11.5. The Morgan fingerprint density at radius 2 is 2.07 bits per heavy atom. The zero-order valence-corrected chi connectivity index (χ0v) is 14.7. The van der Waals surface area contributed by atoms with Crippen LogP contribution in [-0.4, -0.2) is 39.1 Å². The first kappa shape index (κ1) is 17.0. The first-order valence-corrected chi connectivity index (χ1v) is 8.19. The number of ether oxygens (including phenoxy) is 1. The minimum atomic E-state index is -0.850. The van der Waals surface area contributed by atoms with E-state index in [9.17, 15) is 9.59 Å². The number of aromatic nitrogens is 4. The minimum Gasteiger partial charge on any atom is -0.464 e. The fourth-order valence-corrected chi connectivity index (χ4v) is 3.15. The molecule has 4 rings (SSSR count). The molecule has 0 spiro atoms. The van der Waals surface area contributed by atoms with Gasteiger partial charge in [-0.05, 0) is 28.6 Å². The van der Waals surface area contributed by atoms with Gasteiger partial charge in [-0.15, -0.1) is 0 Å². The molecule has 136 valence electrons. The highest BCUT2D eigenvalue weighted by molar-refractivity contribution is 6.31. The molecule has 2 aromatic heterocycles. The molecule has 1 N–H and O–H groups in total. The summed E-state index contributed by atoms with van der Waals surface area (Å²) in [6, 6.07) is 9.16. The topological polar surface area (TPSA) is 112 Å². The van der Waals surface area contributed by atoms with Gasteiger partial charge in [0.05, 0.1) is 18.9 Å². The molecular formula is C17H12ClN5O4. The largest absolute Gasteiger partial charge is 0.464 e. The molecule has 0 fully saturated rings. The fraction of sp³-hybridized carbons (Fsp3) is 0.118. The maximum absolute atomic E-state index is 13.2. The molecule has 0 amide bonds. The normalized spacial score (nSPS) is 15.9. The number of nitrogens with zero attached hydrogens (tertiary/aromatic N) is 4. The van der Waals surface area contributed by atoms with E-state index in [1.54, 1.807) is 30.3 Å². The predicted octanol–water partition coefficient (Wildman–Crippen LogP) is 2.24. The van der Waals surface area contributed by atoms with Crippen molar-refractivity contribution in [2.75, 3.05) is 12.4 Å². The smallest absolute Gasteiger partial charge is 0.355 e. The zero-order chi connectivity index (χ0) is 19.0. The molecule has 0 saturated carbocycles. The van der Waals surface area contributed by atoms with E-state index in [0.29, 0.717) is 10.6 Å². The molecule has 9 nitrogen and oxygen atoms in total. The maximum atomic E-state index is 13.2. The van der Waals surface area contributed by atoms with Crippen LogP contribution < -0.4 is 5.32 Å². The average molecular weight is 386 g/mol. The molecule has 27 heavy (non-hydrogen) atoms. The molecule has 3 heterocycles. The highest BCUT2D eigenvalue weighted by atomic mass is 35.5. The van der Waals surface area contributed by atoms with Gasteiger partial charge >= 0.3 is 5.97 Å². The molecule has 1 atom stereocenters. The van der Waals surface area contributed by atoms with Crippen molar-refractivity contribution in [1.82, 2.24) is 20.2 Å². The number of rotatable bonds is 4. The Balaban J connectivity index is 1.99. The monoisotopic (exact) mass is 385 g/mol. The number of benzene rings is 1. The summed E-state index contributed by atoms with van der Waals surface area (Å²) >= 11 is 6.37. The van der Waals surface area contributed by atoms with Crippen molar-refractivity contribution in [3.8, 4) is 0 Å². The van der Waals surface area contributed by atoms with Gasteiger partial charge in [0.25, 0.3) is 0 Å². The molecule has 0 radical (unpaired) electrons. The summed E-state index contributed by atoms with van der Waals surface area (Å²) in [5.41, 5.74) is 0.529. The van der Waals surface area contributed by atoms with Crippen molar-refractivity contribution in [2.24, 2.45) is 0 Å². The molecule has 1 aromatic carbocycles. The number of methoxy groups -OCH3 is 1. The number of furan rings is 1. The lowest BCUT2D eigenvalue weighted by Crippen LogP contribution is -2.33. The van der Waals surface area contributed by atoms with Crippen LogP contribution in [0, 0.1) is 0 Å². The van der Waals surface area contributed by atoms with E-state index < -0.39 is 17.8 Å². The van der Waals surface area contributed by atoms with Gasteiger partial charge in [0.2, 0.25) is 11.7 Å². The molecule has 0 bridgehead atoms. The molecule has 1 aliphatic rings. The summed E-state index contributed by atoms with van der Waals surface area (Å²) in [4.78, 5) is 25.6. The quantitative estimate of drug-likeness (QED) is 0.537. The van der Waals surface area contributed by atoms with Crippen LogP contribution in [0.3, 0.4) is 0 Å². The standard InChI is InChI=1S/C17H12ClN5O4/c1-26-16(25)13-12(15(24)11-7-4-8-27-11)14(9-5-2-3-6-10(9)18)23-17(19-13)20-21-22-23/h2-8,14H,1H3,(H,19,20,22)/t14-/m0/s1. The summed E-state index contributed by atoms with van der Waals surface area (Å²) in [6.45, 7) is 0. The first-order valence-electron chi connectivity index (χ1n) is 7.81. The van der Waals surface area contributed by atoms with Crippen LogP contribution >= 0.6 is 11.6 Å². The van der Waals surface area contributed by atoms with Gasteiger partial charge in [0.15, 0.2) is 5.76 Å². The van der Waals surface area contributed by atoms with Crippen LogP contribution in [0.4, 0.5) is 5.95 Å². The molecule has 0 unspecified atom stereocenters. The summed E-state index contributed by atoms with van der Waals surface area (Å²) in [7, 11) is 1.22. The number of esters is 1. The van der Waals surface area contributed by atoms with Crippen molar-refractivity contribution < 1.29 is 18.7 Å². The number of carbonyl (C=O) groups excluding carboxylic acids is 2. The van der Waals surface area contributed by atoms with Crippen LogP contribution in [0.15, 0.2) is 58.3 Å². The number of fused-ring (bicyclic) bond motifs is 1. The van der Waals surface area contributed by atoms with Gasteiger partial charge in [0, 0.05) is 10.6 Å². The van der Waals surface area contributed by atoms with E-state index in [2.05, 4.69) is 20.8 Å². The van der Waals surface area contributed by atoms with Gasteiger partial charge in [-0.2, -0.15) is 4.68 Å². The second kappa shape index (κ2) is 6.69. The lowest BCUT2D eigenvalue weighted by atomic mass is 9.91. The number of hydrogen-bond donors (Lipinski definition) is 1. The number of tetrazole rings is 1. The number of carbonyl (C=O) groups is 2. The Morgan fingerprint density at radius 1 is 1.26 bits per heavy atom. The predicted molar refractivity (Wildman–Crippen MR) is 93.1 cm³/mol. The van der Waals surface area contributed by atoms with E-state index in [1.807, 2.05) is 0 Å². The third kappa shape index (κ3) is 2.77. The highest BCUT2D eigenvalue weighted by Gasteiger charge is 2.40. The zero-order valence-electron chi connectivity index (χ0n) is 13.9. The fourth-order valence-electron chi connectivity index (χ4n) is 2.91. The first-order chi connectivity index (χ1) is 13.1. The number of halogens is 1. The molecule has 1 aliphatic heterocycles. The third-order valence-corrected chi connectivity index (χ3v) is 4.44. The molecule has 10 heteroatoms. The van der Waals surface area contributed by atoms with Crippen molar-refractivity contribution in [3.05, 3.63) is 70.3 Å². The third-order valence-electron chi connectivity index (χ3n) is 4.10. The van der Waals surface area contributed by atoms with Gasteiger partial charge < -0.3 is 14.5 Å². The van der Waals surface area contributed by atoms with Crippen LogP contribution in [0.2, 0.25) is 5.02 Å². The van der Waals surface area contributed by atoms with Gasteiger partial charge in [0.1, 0.15) is 11.7 Å². The Labute approximate surface area is 157 Å². The molecule has 3 aromatic rings. The lowest BCUT2D eigenvalue weighted by Gasteiger charge is -2.28. The van der Waals surface area contributed by atoms with Crippen LogP contribution in [0.1, 0.15) is 22.2 Å². The number of allylic oxidation sites excluding steroid dienone is 1. The Morgan fingerprint density at radius 3 is 2.78 bits per heavy atom. The van der Waals surface area contributed by atoms with Gasteiger partial charge in [-0.1, -0.05) is 34.9 Å². The van der Waals surface area contributed by atoms with Crippen molar-refractivity contribution >= 4 is 29.3 Å². The number of ketones is 1. The van der Waals surface area contributed by atoms with Crippen LogP contribution in [-0.2, 0) is 9.53 Å². The van der Waals surface area contributed by atoms with Crippen molar-refractivity contribution in [1.29, 1.82) is 0 Å². The lowest BCUT2D eigenvalue weighted by molar-refractivity contribution is -0.136. The SMILES string of the molecule is COC(=O)C1=C(C(=O)c2ccco2)[C@H](c2ccccc2Cl)n2nnnc2N1. The van der Waals surface area contributed by atoms with Crippen molar-refractivity contribution in [3.63, 3.8) is 0 Å². The van der Waals surface area contributed by atoms with Crippen molar-refractivity contribution in [2.45, 2.75) is 6.04 Å². The highest BCUT2D eigenvalue weighted by Crippen LogP contribution is 2.39. The number of hydrogen-bond acceptors (Lipinski definition) is 8. The Bertz CT molecular complexity index is 1060. The van der Waals surface area contributed by atoms with E-state index in [4.69, 9.17) is 20.8 Å². The number of anilines is 1. The Kier molecular flexibility index (Phi) is 4.21. The summed E-state index contributed by atoms with van der Waals surface area (Å²) in [5, 5.41) is 14.6. The van der Waals surface area contributed by atoms with E-state index in [1.165, 1.54) is 24.1 Å². The number of Topliss-reactive ketones (excluding diaryl/α,β-unsaturated/α-hetero) is 1. The molecular weight excluding hydrogens is 374 g/mol. The van der Waals surface area contributed by atoms with Crippen LogP contribution in [0.5, 0.6) is 0 Å². The van der Waals surface area contributed by atoms with E-state index in [0.717, 1.165) is 0 Å². The summed E-state index contributed by atoms with van der Waals surface area (Å²) in [6.07, 6.45) is 1.37.